The summed E-state index contributed by atoms with van der Waals surface area (Å²) in [5.74, 6) is 0.00255. The van der Waals surface area contributed by atoms with Gasteiger partial charge in [-0.05, 0) is 25.3 Å². The molecule has 5 nitrogen and oxygen atoms in total. The number of nitrogen functional groups attached to an aromatic ring is 1. The zero-order chi connectivity index (χ0) is 13.9. The summed E-state index contributed by atoms with van der Waals surface area (Å²) in [5, 5.41) is 9.18. The summed E-state index contributed by atoms with van der Waals surface area (Å²) in [5.41, 5.74) is 6.09. The number of anilines is 2. The van der Waals surface area contributed by atoms with Gasteiger partial charge in [0.15, 0.2) is 0 Å². The molecule has 0 amide bonds. The molecule has 0 aromatic carbocycles. The van der Waals surface area contributed by atoms with Crippen molar-refractivity contribution in [3.8, 4) is 0 Å². The zero-order valence-electron chi connectivity index (χ0n) is 11.3. The average molecular weight is 251 g/mol. The maximum Gasteiger partial charge on any atom is 0.339 e. The molecule has 0 spiro atoms. The lowest BCUT2D eigenvalue weighted by molar-refractivity contribution is 0.0697. The van der Waals surface area contributed by atoms with Crippen molar-refractivity contribution in [1.29, 1.82) is 0 Å². The molecule has 1 unspecified atom stereocenters. The molecule has 0 saturated heterocycles. The Balaban J connectivity index is 3.04. The van der Waals surface area contributed by atoms with Gasteiger partial charge in [-0.2, -0.15) is 0 Å². The Morgan fingerprint density at radius 1 is 1.50 bits per heavy atom. The van der Waals surface area contributed by atoms with E-state index < -0.39 is 5.97 Å². The van der Waals surface area contributed by atoms with Gasteiger partial charge in [-0.15, -0.1) is 0 Å². The van der Waals surface area contributed by atoms with Gasteiger partial charge in [0.05, 0.1) is 11.9 Å². The molecule has 18 heavy (non-hydrogen) atoms. The molecule has 1 atom stereocenters. The summed E-state index contributed by atoms with van der Waals surface area (Å²) >= 11 is 0. The van der Waals surface area contributed by atoms with E-state index >= 15 is 0 Å². The number of aromatic nitrogens is 1. The lowest BCUT2D eigenvalue weighted by Crippen LogP contribution is -2.32. The van der Waals surface area contributed by atoms with Crippen LogP contribution < -0.4 is 10.6 Å². The number of carboxylic acids is 1. The molecule has 0 saturated carbocycles. The maximum absolute atomic E-state index is 11.2. The van der Waals surface area contributed by atoms with Crippen LogP contribution in [0.15, 0.2) is 12.3 Å². The summed E-state index contributed by atoms with van der Waals surface area (Å²) in [4.78, 5) is 17.2. The number of hydrogen-bond donors (Lipinski definition) is 2. The summed E-state index contributed by atoms with van der Waals surface area (Å²) in [7, 11) is 1.86. The second kappa shape index (κ2) is 5.71. The van der Waals surface area contributed by atoms with Crippen molar-refractivity contribution < 1.29 is 9.90 Å². The zero-order valence-corrected chi connectivity index (χ0v) is 11.3. The Bertz CT molecular complexity index is 432. The molecule has 1 rings (SSSR count). The number of nitrogens with zero attached hydrogens (tertiary/aromatic N) is 2. The van der Waals surface area contributed by atoms with Crippen molar-refractivity contribution in [2.24, 2.45) is 5.92 Å². The fraction of sp³-hybridized carbons (Fsp3) is 0.538. The van der Waals surface area contributed by atoms with Crippen LogP contribution in [0.4, 0.5) is 11.5 Å². The molecule has 0 fully saturated rings. The Morgan fingerprint density at radius 3 is 2.61 bits per heavy atom. The first-order chi connectivity index (χ1) is 8.32. The van der Waals surface area contributed by atoms with E-state index in [-0.39, 0.29) is 11.6 Å². The summed E-state index contributed by atoms with van der Waals surface area (Å²) in [6.07, 6.45) is 2.46. The van der Waals surface area contributed by atoms with Gasteiger partial charge in [-0.1, -0.05) is 13.8 Å². The van der Waals surface area contributed by atoms with Crippen LogP contribution >= 0.6 is 0 Å². The molecular weight excluding hydrogens is 230 g/mol. The molecule has 0 radical (unpaired) electrons. The van der Waals surface area contributed by atoms with E-state index in [2.05, 4.69) is 25.8 Å². The van der Waals surface area contributed by atoms with Gasteiger partial charge < -0.3 is 15.7 Å². The van der Waals surface area contributed by atoms with Gasteiger partial charge in [0, 0.05) is 13.1 Å². The first-order valence-corrected chi connectivity index (χ1v) is 6.04. The molecule has 100 valence electrons. The van der Waals surface area contributed by atoms with Crippen molar-refractivity contribution in [2.75, 3.05) is 17.7 Å². The first kappa shape index (κ1) is 14.3. The predicted octanol–water partition coefficient (Wildman–Crippen LogP) is 2.23. The van der Waals surface area contributed by atoms with E-state index in [0.717, 1.165) is 6.42 Å². The largest absolute Gasteiger partial charge is 0.478 e. The minimum Gasteiger partial charge on any atom is -0.478 e. The van der Waals surface area contributed by atoms with E-state index in [4.69, 9.17) is 5.73 Å². The highest BCUT2D eigenvalue weighted by Crippen LogP contribution is 2.22. The summed E-state index contributed by atoms with van der Waals surface area (Å²) < 4.78 is 0. The molecule has 1 aromatic rings. The van der Waals surface area contributed by atoms with E-state index in [0.29, 0.717) is 17.4 Å². The molecule has 0 aliphatic carbocycles. The molecule has 0 aliphatic rings. The third-order valence-electron chi connectivity index (χ3n) is 2.93. The number of hydrogen-bond acceptors (Lipinski definition) is 4. The maximum atomic E-state index is 11.2. The van der Waals surface area contributed by atoms with Gasteiger partial charge in [0.1, 0.15) is 11.4 Å². The normalized spacial score (nSPS) is 12.5. The number of rotatable bonds is 5. The minimum absolute atomic E-state index is 0.146. The van der Waals surface area contributed by atoms with Crippen molar-refractivity contribution >= 4 is 17.5 Å². The molecule has 3 N–H and O–H groups in total. The van der Waals surface area contributed by atoms with E-state index in [1.807, 2.05) is 11.9 Å². The number of pyridine rings is 1. The molecule has 0 bridgehead atoms. The van der Waals surface area contributed by atoms with E-state index in [1.165, 1.54) is 12.3 Å². The summed E-state index contributed by atoms with van der Waals surface area (Å²) in [6, 6.07) is 1.67. The van der Waals surface area contributed by atoms with Crippen molar-refractivity contribution in [2.45, 2.75) is 33.2 Å². The van der Waals surface area contributed by atoms with E-state index in [9.17, 15) is 9.90 Å². The molecule has 5 heteroatoms. The van der Waals surface area contributed by atoms with Crippen molar-refractivity contribution in [3.63, 3.8) is 0 Å². The summed E-state index contributed by atoms with van der Waals surface area (Å²) in [6.45, 7) is 6.33. The lowest BCUT2D eigenvalue weighted by Gasteiger charge is -2.28. The van der Waals surface area contributed by atoms with Crippen LogP contribution in [-0.2, 0) is 0 Å². The van der Waals surface area contributed by atoms with Gasteiger partial charge in [0.2, 0.25) is 0 Å². The highest BCUT2D eigenvalue weighted by Gasteiger charge is 2.19. The second-order valence-electron chi connectivity index (χ2n) is 5.03. The SMILES string of the molecule is CC(C)CC(C)N(C)c1ncc(N)cc1C(=O)O. The van der Waals surface area contributed by atoms with Crippen molar-refractivity contribution in [3.05, 3.63) is 17.8 Å². The number of carbonyl (C=O) groups is 1. The Hall–Kier alpha value is -1.78. The third kappa shape index (κ3) is 3.35. The van der Waals surface area contributed by atoms with Crippen LogP contribution in [0.5, 0.6) is 0 Å². The standard InChI is InChI=1S/C13H21N3O2/c1-8(2)5-9(3)16(4)12-11(13(17)18)6-10(14)7-15-12/h6-9H,5,14H2,1-4H3,(H,17,18). The van der Waals surface area contributed by atoms with Crippen LogP contribution in [0.25, 0.3) is 0 Å². The van der Waals surface area contributed by atoms with Crippen LogP contribution in [0.2, 0.25) is 0 Å². The van der Waals surface area contributed by atoms with Crippen LogP contribution in [0, 0.1) is 5.92 Å². The molecule has 1 heterocycles. The fourth-order valence-electron chi connectivity index (χ4n) is 1.96. The molecule has 1 aromatic heterocycles. The Labute approximate surface area is 108 Å². The van der Waals surface area contributed by atoms with Crippen LogP contribution in [-0.4, -0.2) is 29.1 Å². The average Bonchev–Trinajstić information content (AvgIpc) is 2.26. The van der Waals surface area contributed by atoms with Gasteiger partial charge in [0.25, 0.3) is 0 Å². The quantitative estimate of drug-likeness (QED) is 0.839. The van der Waals surface area contributed by atoms with Gasteiger partial charge >= 0.3 is 5.97 Å². The lowest BCUT2D eigenvalue weighted by atomic mass is 10.0. The minimum atomic E-state index is -1.01. The second-order valence-corrected chi connectivity index (χ2v) is 5.03. The molecular formula is C13H21N3O2. The fourth-order valence-corrected chi connectivity index (χ4v) is 1.96. The van der Waals surface area contributed by atoms with Gasteiger partial charge in [-0.3, -0.25) is 0 Å². The predicted molar refractivity (Wildman–Crippen MR) is 72.9 cm³/mol. The van der Waals surface area contributed by atoms with E-state index in [1.54, 1.807) is 0 Å². The van der Waals surface area contributed by atoms with Gasteiger partial charge in [-0.25, -0.2) is 9.78 Å². The van der Waals surface area contributed by atoms with Crippen LogP contribution in [0.1, 0.15) is 37.6 Å². The Morgan fingerprint density at radius 2 is 2.11 bits per heavy atom. The van der Waals surface area contributed by atoms with Crippen LogP contribution in [0.3, 0.4) is 0 Å². The van der Waals surface area contributed by atoms with Crippen molar-refractivity contribution in [1.82, 2.24) is 4.98 Å². The topological polar surface area (TPSA) is 79.5 Å². The monoisotopic (exact) mass is 251 g/mol. The number of nitrogens with two attached hydrogens (primary N) is 1. The number of carboxylic acid groups (broad SMARTS) is 1. The highest BCUT2D eigenvalue weighted by atomic mass is 16.4. The third-order valence-corrected chi connectivity index (χ3v) is 2.93. The first-order valence-electron chi connectivity index (χ1n) is 6.04. The molecule has 0 aliphatic heterocycles. The Kier molecular flexibility index (Phi) is 4.53. The highest BCUT2D eigenvalue weighted by molar-refractivity contribution is 5.94. The number of aromatic carboxylic acids is 1. The smallest absolute Gasteiger partial charge is 0.339 e.